The summed E-state index contributed by atoms with van der Waals surface area (Å²) < 4.78 is 1.87. The lowest BCUT2D eigenvalue weighted by atomic mass is 9.82. The predicted molar refractivity (Wildman–Crippen MR) is 110 cm³/mol. The maximum atomic E-state index is 12.8. The SMILES string of the molecule is Nc1cc(-c2cc3n(c(=O)c2)C[C@H]2C[C@@H]3CN(c3ccc(C(=O)O)cn3)C2)ncn1. The fourth-order valence-corrected chi connectivity index (χ4v) is 4.52. The third-order valence-corrected chi connectivity index (χ3v) is 5.86. The van der Waals surface area contributed by atoms with Crippen molar-refractivity contribution in [2.75, 3.05) is 23.7 Å². The topological polar surface area (TPSA) is 127 Å². The van der Waals surface area contributed by atoms with Crippen molar-refractivity contribution in [2.45, 2.75) is 18.9 Å². The van der Waals surface area contributed by atoms with Gasteiger partial charge in [-0.1, -0.05) is 0 Å². The summed E-state index contributed by atoms with van der Waals surface area (Å²) in [6.45, 7) is 2.15. The molecule has 1 fully saturated rings. The molecule has 0 aliphatic carbocycles. The van der Waals surface area contributed by atoms with Gasteiger partial charge in [-0.2, -0.15) is 0 Å². The van der Waals surface area contributed by atoms with Crippen LogP contribution in [-0.2, 0) is 6.54 Å². The van der Waals surface area contributed by atoms with E-state index in [1.807, 2.05) is 10.6 Å². The number of carboxylic acids is 1. The molecule has 9 nitrogen and oxygen atoms in total. The van der Waals surface area contributed by atoms with Gasteiger partial charge in [0.25, 0.3) is 5.56 Å². The van der Waals surface area contributed by atoms with Gasteiger partial charge in [0.05, 0.1) is 11.3 Å². The van der Waals surface area contributed by atoms with Crippen molar-refractivity contribution in [1.29, 1.82) is 0 Å². The Morgan fingerprint density at radius 1 is 1.10 bits per heavy atom. The lowest BCUT2D eigenvalue weighted by Crippen LogP contribution is -2.47. The van der Waals surface area contributed by atoms with Crippen LogP contribution in [0.3, 0.4) is 0 Å². The predicted octanol–water partition coefficient (Wildman–Crippen LogP) is 1.60. The van der Waals surface area contributed by atoms with Crippen molar-refractivity contribution in [3.8, 4) is 11.3 Å². The van der Waals surface area contributed by atoms with Gasteiger partial charge in [0.1, 0.15) is 18.0 Å². The van der Waals surface area contributed by atoms with Crippen LogP contribution in [0.4, 0.5) is 11.6 Å². The third kappa shape index (κ3) is 3.18. The van der Waals surface area contributed by atoms with Crippen LogP contribution in [0.5, 0.6) is 0 Å². The fraction of sp³-hybridized carbons (Fsp3) is 0.286. The minimum absolute atomic E-state index is 0.0354. The number of pyridine rings is 2. The Bertz CT molecular complexity index is 1190. The Morgan fingerprint density at radius 2 is 1.97 bits per heavy atom. The molecule has 5 rings (SSSR count). The van der Waals surface area contributed by atoms with Crippen LogP contribution >= 0.6 is 0 Å². The first kappa shape index (κ1) is 18.3. The first-order valence-corrected chi connectivity index (χ1v) is 9.75. The van der Waals surface area contributed by atoms with Crippen LogP contribution in [0.15, 0.2) is 47.7 Å². The summed E-state index contributed by atoms with van der Waals surface area (Å²) in [5, 5.41) is 9.09. The van der Waals surface area contributed by atoms with E-state index >= 15 is 0 Å². The smallest absolute Gasteiger partial charge is 0.337 e. The molecular formula is C21H20N6O3. The molecule has 0 saturated carbocycles. The van der Waals surface area contributed by atoms with Gasteiger partial charge in [-0.15, -0.1) is 0 Å². The standard InChI is InChI=1S/C21H20N6O3/c22-18-6-16(24-11-25-18)14-4-17-15-3-12(9-27(17)20(28)5-14)8-26(10-15)19-2-1-13(7-23-19)21(29)30/h1-2,4-7,11-12,15H,3,8-10H2,(H,29,30)(H2,22,24,25)/t12-,15+/m0/s1. The Labute approximate surface area is 171 Å². The van der Waals surface area contributed by atoms with E-state index in [9.17, 15) is 9.59 Å². The van der Waals surface area contributed by atoms with Gasteiger partial charge in [-0.3, -0.25) is 4.79 Å². The average Bonchev–Trinajstić information content (AvgIpc) is 2.74. The first-order valence-electron chi connectivity index (χ1n) is 9.75. The molecule has 30 heavy (non-hydrogen) atoms. The zero-order valence-corrected chi connectivity index (χ0v) is 16.1. The number of rotatable bonds is 3. The lowest BCUT2D eigenvalue weighted by Gasteiger charge is -2.43. The largest absolute Gasteiger partial charge is 0.478 e. The number of nitrogens with two attached hydrogens (primary N) is 1. The molecule has 0 radical (unpaired) electrons. The molecule has 152 valence electrons. The molecule has 2 atom stereocenters. The second-order valence-corrected chi connectivity index (χ2v) is 7.86. The summed E-state index contributed by atoms with van der Waals surface area (Å²) in [6.07, 6.45) is 3.78. The van der Waals surface area contributed by atoms with E-state index in [1.54, 1.807) is 24.3 Å². The normalized spacial score (nSPS) is 19.9. The maximum absolute atomic E-state index is 12.8. The van der Waals surface area contributed by atoms with Crippen LogP contribution in [0.1, 0.15) is 28.4 Å². The molecule has 2 aliphatic heterocycles. The minimum Gasteiger partial charge on any atom is -0.478 e. The number of aromatic carboxylic acids is 1. The van der Waals surface area contributed by atoms with Crippen molar-refractivity contribution >= 4 is 17.6 Å². The monoisotopic (exact) mass is 404 g/mol. The minimum atomic E-state index is -0.990. The molecule has 3 aromatic heterocycles. The first-order chi connectivity index (χ1) is 14.5. The Hall–Kier alpha value is -3.75. The maximum Gasteiger partial charge on any atom is 0.337 e. The average molecular weight is 404 g/mol. The molecule has 3 N–H and O–H groups in total. The molecule has 3 aromatic rings. The van der Waals surface area contributed by atoms with Crippen LogP contribution in [-0.4, -0.2) is 43.7 Å². The summed E-state index contributed by atoms with van der Waals surface area (Å²) >= 11 is 0. The summed E-state index contributed by atoms with van der Waals surface area (Å²) in [5.41, 5.74) is 8.26. The zero-order chi connectivity index (χ0) is 20.8. The summed E-state index contributed by atoms with van der Waals surface area (Å²) in [5.74, 6) is 0.624. The molecule has 5 heterocycles. The van der Waals surface area contributed by atoms with Crippen LogP contribution in [0.2, 0.25) is 0 Å². The van der Waals surface area contributed by atoms with E-state index in [1.165, 1.54) is 12.5 Å². The lowest BCUT2D eigenvalue weighted by molar-refractivity contribution is 0.0696. The molecule has 1 saturated heterocycles. The molecule has 0 spiro atoms. The molecule has 2 bridgehead atoms. The van der Waals surface area contributed by atoms with Gasteiger partial charge in [-0.05, 0) is 30.5 Å². The molecular weight excluding hydrogens is 384 g/mol. The Kier molecular flexibility index (Phi) is 4.23. The second kappa shape index (κ2) is 6.94. The number of aromatic nitrogens is 4. The fourth-order valence-electron chi connectivity index (χ4n) is 4.52. The molecule has 9 heteroatoms. The van der Waals surface area contributed by atoms with E-state index < -0.39 is 5.97 Å². The third-order valence-electron chi connectivity index (χ3n) is 5.86. The van der Waals surface area contributed by atoms with Gasteiger partial charge in [-0.25, -0.2) is 19.7 Å². The van der Waals surface area contributed by atoms with E-state index in [0.717, 1.165) is 30.0 Å². The van der Waals surface area contributed by atoms with Crippen LogP contribution < -0.4 is 16.2 Å². The van der Waals surface area contributed by atoms with E-state index in [2.05, 4.69) is 19.9 Å². The molecule has 0 amide bonds. The number of nitrogen functional groups attached to an aromatic ring is 1. The molecule has 0 unspecified atom stereocenters. The molecule has 2 aliphatic rings. The molecule has 0 aromatic carbocycles. The summed E-state index contributed by atoms with van der Waals surface area (Å²) in [7, 11) is 0. The van der Waals surface area contributed by atoms with Crippen molar-refractivity contribution in [1.82, 2.24) is 19.5 Å². The quantitative estimate of drug-likeness (QED) is 0.674. The van der Waals surface area contributed by atoms with Crippen molar-refractivity contribution in [3.05, 3.63) is 64.5 Å². The number of carboxylic acid groups (broad SMARTS) is 1. The van der Waals surface area contributed by atoms with Crippen LogP contribution in [0.25, 0.3) is 11.3 Å². The van der Waals surface area contributed by atoms with E-state index in [-0.39, 0.29) is 17.0 Å². The van der Waals surface area contributed by atoms with Gasteiger partial charge >= 0.3 is 5.97 Å². The highest BCUT2D eigenvalue weighted by Gasteiger charge is 2.35. The number of anilines is 2. The Morgan fingerprint density at radius 3 is 2.70 bits per heavy atom. The number of hydrogen-bond donors (Lipinski definition) is 2. The van der Waals surface area contributed by atoms with Gasteiger partial charge in [0, 0.05) is 55.1 Å². The van der Waals surface area contributed by atoms with E-state index in [0.29, 0.717) is 30.5 Å². The summed E-state index contributed by atoms with van der Waals surface area (Å²) in [6, 6.07) is 8.62. The number of fused-ring (bicyclic) bond motifs is 4. The van der Waals surface area contributed by atoms with Crippen LogP contribution in [0, 0.1) is 5.92 Å². The number of piperidine rings is 1. The van der Waals surface area contributed by atoms with Gasteiger partial charge in [0.2, 0.25) is 0 Å². The second-order valence-electron chi connectivity index (χ2n) is 7.86. The van der Waals surface area contributed by atoms with Gasteiger partial charge < -0.3 is 20.3 Å². The number of nitrogens with zero attached hydrogens (tertiary/aromatic N) is 5. The highest BCUT2D eigenvalue weighted by atomic mass is 16.4. The van der Waals surface area contributed by atoms with Crippen molar-refractivity contribution in [3.63, 3.8) is 0 Å². The Balaban J connectivity index is 1.49. The highest BCUT2D eigenvalue weighted by molar-refractivity contribution is 5.87. The number of carbonyl (C=O) groups is 1. The van der Waals surface area contributed by atoms with Crippen molar-refractivity contribution < 1.29 is 9.90 Å². The van der Waals surface area contributed by atoms with Gasteiger partial charge in [0.15, 0.2) is 0 Å². The zero-order valence-electron chi connectivity index (χ0n) is 16.1. The number of hydrogen-bond acceptors (Lipinski definition) is 7. The van der Waals surface area contributed by atoms with Crippen molar-refractivity contribution in [2.24, 2.45) is 5.92 Å². The highest BCUT2D eigenvalue weighted by Crippen LogP contribution is 2.37. The van der Waals surface area contributed by atoms with E-state index in [4.69, 9.17) is 10.8 Å². The summed E-state index contributed by atoms with van der Waals surface area (Å²) in [4.78, 5) is 38.6.